The molecule has 2 N–H and O–H groups in total. The number of rotatable bonds is 0. The second-order valence-corrected chi connectivity index (χ2v) is 4.82. The van der Waals surface area contributed by atoms with E-state index in [0.29, 0.717) is 6.04 Å². The Bertz CT molecular complexity index is 178. The molecule has 1 nitrogen and oxygen atoms in total. The first-order valence-electron chi connectivity index (χ1n) is 5.12. The molecule has 3 aliphatic rings. The Balaban J connectivity index is 1.91. The van der Waals surface area contributed by atoms with Crippen molar-refractivity contribution in [2.24, 2.45) is 29.4 Å². The summed E-state index contributed by atoms with van der Waals surface area (Å²) in [5.41, 5.74) is 6.11. The maximum atomic E-state index is 6.11. The molecule has 0 aliphatic heterocycles. The Kier molecular flexibility index (Phi) is 1.18. The first kappa shape index (κ1) is 6.47. The Morgan fingerprint density at radius 1 is 0.909 bits per heavy atom. The van der Waals surface area contributed by atoms with Crippen LogP contribution in [0.4, 0.5) is 0 Å². The zero-order valence-corrected chi connectivity index (χ0v) is 7.00. The molecule has 0 aromatic heterocycles. The molecule has 1 unspecified atom stereocenters. The minimum atomic E-state index is 0.579. The van der Waals surface area contributed by atoms with Crippen LogP contribution in [0.2, 0.25) is 0 Å². The lowest BCUT2D eigenvalue weighted by atomic mass is 9.80. The summed E-state index contributed by atoms with van der Waals surface area (Å²) < 4.78 is 0. The predicted octanol–water partition coefficient (Wildman–Crippen LogP) is 1.77. The number of fused-ring (bicyclic) bond motifs is 5. The summed E-state index contributed by atoms with van der Waals surface area (Å²) in [4.78, 5) is 0. The smallest absolute Gasteiger partial charge is 0.00726 e. The van der Waals surface area contributed by atoms with Crippen LogP contribution in [0, 0.1) is 23.7 Å². The summed E-state index contributed by atoms with van der Waals surface area (Å²) in [5, 5.41) is 0. The Morgan fingerprint density at radius 2 is 1.73 bits per heavy atom. The molecule has 0 heterocycles. The van der Waals surface area contributed by atoms with Gasteiger partial charge in [-0.25, -0.2) is 0 Å². The van der Waals surface area contributed by atoms with Crippen LogP contribution in [0.3, 0.4) is 0 Å². The fourth-order valence-corrected chi connectivity index (χ4v) is 4.13. The van der Waals surface area contributed by atoms with E-state index >= 15 is 0 Å². The zero-order valence-electron chi connectivity index (χ0n) is 7.00. The van der Waals surface area contributed by atoms with Crippen molar-refractivity contribution in [2.75, 3.05) is 0 Å². The van der Waals surface area contributed by atoms with Gasteiger partial charge in [0, 0.05) is 6.04 Å². The van der Waals surface area contributed by atoms with Gasteiger partial charge in [-0.2, -0.15) is 0 Å². The van der Waals surface area contributed by atoms with Crippen LogP contribution in [-0.2, 0) is 0 Å². The highest BCUT2D eigenvalue weighted by Crippen LogP contribution is 2.58. The van der Waals surface area contributed by atoms with Crippen LogP contribution < -0.4 is 5.73 Å². The highest BCUT2D eigenvalue weighted by molar-refractivity contribution is 5.03. The van der Waals surface area contributed by atoms with Gasteiger partial charge in [-0.05, 0) is 55.8 Å². The van der Waals surface area contributed by atoms with E-state index in [1.165, 1.54) is 32.1 Å². The van der Waals surface area contributed by atoms with Gasteiger partial charge in [-0.3, -0.25) is 0 Å². The van der Waals surface area contributed by atoms with Gasteiger partial charge in [0.15, 0.2) is 0 Å². The molecule has 0 amide bonds. The van der Waals surface area contributed by atoms with E-state index in [1.807, 2.05) is 0 Å². The van der Waals surface area contributed by atoms with Crippen molar-refractivity contribution < 1.29 is 0 Å². The summed E-state index contributed by atoms with van der Waals surface area (Å²) in [7, 11) is 0. The van der Waals surface area contributed by atoms with Crippen molar-refractivity contribution in [3.63, 3.8) is 0 Å². The number of hydrogen-bond acceptors (Lipinski definition) is 1. The molecule has 62 valence electrons. The number of nitrogens with two attached hydrogens (primary N) is 1. The molecule has 3 aliphatic carbocycles. The lowest BCUT2D eigenvalue weighted by Crippen LogP contribution is -2.31. The van der Waals surface area contributed by atoms with E-state index in [2.05, 4.69) is 0 Å². The lowest BCUT2D eigenvalue weighted by molar-refractivity contribution is 0.244. The molecule has 0 radical (unpaired) electrons. The average Bonchev–Trinajstić information content (AvgIpc) is 2.60. The van der Waals surface area contributed by atoms with Crippen molar-refractivity contribution >= 4 is 0 Å². The Hall–Kier alpha value is -0.0400. The summed E-state index contributed by atoms with van der Waals surface area (Å²) in [6, 6.07) is 0.579. The summed E-state index contributed by atoms with van der Waals surface area (Å²) in [6.45, 7) is 0. The van der Waals surface area contributed by atoms with Gasteiger partial charge in [-0.15, -0.1) is 0 Å². The van der Waals surface area contributed by atoms with E-state index in [1.54, 1.807) is 0 Å². The molecule has 2 bridgehead atoms. The van der Waals surface area contributed by atoms with Gasteiger partial charge in [0.2, 0.25) is 0 Å². The van der Waals surface area contributed by atoms with Crippen molar-refractivity contribution in [1.29, 1.82) is 0 Å². The molecule has 1 heteroatoms. The van der Waals surface area contributed by atoms with Gasteiger partial charge in [-0.1, -0.05) is 0 Å². The van der Waals surface area contributed by atoms with Gasteiger partial charge in [0.1, 0.15) is 0 Å². The molecule has 3 fully saturated rings. The monoisotopic (exact) mass is 151 g/mol. The SMILES string of the molecule is NC1CC[C@@H]2[C@@H]3CC[C@@H](C3)[C@H]12. The largest absolute Gasteiger partial charge is 0.327 e. The normalized spacial score (nSPS) is 60.3. The third kappa shape index (κ3) is 0.703. The molecular formula is C10H17N. The summed E-state index contributed by atoms with van der Waals surface area (Å²) in [5.74, 6) is 4.15. The van der Waals surface area contributed by atoms with Crippen LogP contribution in [0.1, 0.15) is 32.1 Å². The third-order valence-corrected chi connectivity index (χ3v) is 4.49. The standard InChI is InChI=1S/C10H17N/c11-9-4-3-8-6-1-2-7(5-6)10(8)9/h6-10H,1-5,11H2/t6-,7+,8-,9?,10+/m1/s1. The maximum Gasteiger partial charge on any atom is 0.00726 e. The fourth-order valence-electron chi connectivity index (χ4n) is 4.13. The highest BCUT2D eigenvalue weighted by Gasteiger charge is 2.52. The van der Waals surface area contributed by atoms with E-state index in [0.717, 1.165) is 23.7 Å². The van der Waals surface area contributed by atoms with Crippen LogP contribution in [0.15, 0.2) is 0 Å². The molecular weight excluding hydrogens is 134 g/mol. The average molecular weight is 151 g/mol. The van der Waals surface area contributed by atoms with Crippen molar-refractivity contribution in [3.8, 4) is 0 Å². The van der Waals surface area contributed by atoms with Crippen molar-refractivity contribution in [1.82, 2.24) is 0 Å². The predicted molar refractivity (Wildman–Crippen MR) is 45.0 cm³/mol. The van der Waals surface area contributed by atoms with E-state index in [9.17, 15) is 0 Å². The summed E-state index contributed by atoms with van der Waals surface area (Å²) >= 11 is 0. The van der Waals surface area contributed by atoms with E-state index in [-0.39, 0.29) is 0 Å². The van der Waals surface area contributed by atoms with Gasteiger partial charge >= 0.3 is 0 Å². The topological polar surface area (TPSA) is 26.0 Å². The Labute approximate surface area is 68.3 Å². The van der Waals surface area contributed by atoms with Gasteiger partial charge in [0.05, 0.1) is 0 Å². The van der Waals surface area contributed by atoms with Crippen LogP contribution in [0.5, 0.6) is 0 Å². The summed E-state index contributed by atoms with van der Waals surface area (Å²) in [6.07, 6.45) is 7.33. The fraction of sp³-hybridized carbons (Fsp3) is 1.00. The molecule has 3 saturated carbocycles. The van der Waals surface area contributed by atoms with Crippen LogP contribution >= 0.6 is 0 Å². The maximum absolute atomic E-state index is 6.11. The second-order valence-electron chi connectivity index (χ2n) is 4.82. The quantitative estimate of drug-likeness (QED) is 0.561. The van der Waals surface area contributed by atoms with Crippen molar-refractivity contribution in [2.45, 2.75) is 38.1 Å². The molecule has 5 atom stereocenters. The minimum absolute atomic E-state index is 0.579. The zero-order chi connectivity index (χ0) is 7.42. The lowest BCUT2D eigenvalue weighted by Gasteiger charge is -2.26. The molecule has 0 aromatic carbocycles. The van der Waals surface area contributed by atoms with Crippen molar-refractivity contribution in [3.05, 3.63) is 0 Å². The van der Waals surface area contributed by atoms with Gasteiger partial charge in [0.25, 0.3) is 0 Å². The molecule has 0 spiro atoms. The molecule has 3 rings (SSSR count). The number of hydrogen-bond donors (Lipinski definition) is 1. The minimum Gasteiger partial charge on any atom is -0.327 e. The first-order chi connectivity index (χ1) is 5.36. The van der Waals surface area contributed by atoms with Crippen LogP contribution in [0.25, 0.3) is 0 Å². The molecule has 0 saturated heterocycles. The van der Waals surface area contributed by atoms with E-state index < -0.39 is 0 Å². The van der Waals surface area contributed by atoms with Gasteiger partial charge < -0.3 is 5.73 Å². The van der Waals surface area contributed by atoms with Crippen LogP contribution in [-0.4, -0.2) is 6.04 Å². The third-order valence-electron chi connectivity index (χ3n) is 4.49. The molecule has 11 heavy (non-hydrogen) atoms. The van der Waals surface area contributed by atoms with E-state index in [4.69, 9.17) is 5.73 Å². The highest BCUT2D eigenvalue weighted by atomic mass is 14.7. The second kappa shape index (κ2) is 2.01. The first-order valence-corrected chi connectivity index (χ1v) is 5.12. The molecule has 0 aromatic rings. The Morgan fingerprint density at radius 3 is 2.55 bits per heavy atom.